The SMILES string of the molecule is [C-]#[N+]c1c(Cl)c(Cl)c(Cc2cc(C(F)(F)F)ccc2Cl)c(C#N)c1Cl.[C-]#[N+]c1c(Cl)c(Cl)c(Cc2cc(C(F)(F)F)ccc2F)c(C#N)c1Cl.[C-]#[N+]c1c(Cl)c(Cl)c(Cc2ccc(C(F)(F)F)cc2Cl)c(C#N)c1Cl.[C-]#[N+]c1c(Cl)c(Cl)c(Cc2ccc(Cl)cc2[N+](=O)[O-])c(C#N)c1Cl.[C-]#[N+]c1c(Cl)c(Cl)c(Cc2ccc([N+](=O)[O-])cc2Cl)c(C#N)c1Cl.[C-]#[N+]c1c(Cl)c(Cl)c(Cc2ccc([N+](=O)[O-])cc2[N+](=O)[O-])c(C#N)c1Cl. The highest BCUT2D eigenvalue weighted by molar-refractivity contribution is 6.52. The lowest BCUT2D eigenvalue weighted by atomic mass is 9.97. The van der Waals surface area contributed by atoms with Crippen LogP contribution in [-0.2, 0) is 57.1 Å². The summed E-state index contributed by atoms with van der Waals surface area (Å²) in [5, 5.41) is 97.7. The fourth-order valence-electron chi connectivity index (χ4n) is 12.9. The Labute approximate surface area is 943 Å². The van der Waals surface area contributed by atoms with Crippen molar-refractivity contribution >= 4 is 312 Å². The lowest BCUT2D eigenvalue weighted by Crippen LogP contribution is -2.07. The maximum Gasteiger partial charge on any atom is 0.416 e. The molecule has 0 aliphatic carbocycles. The number of non-ortho nitro benzene ring substituents is 2. The lowest BCUT2D eigenvalue weighted by Gasteiger charge is -2.15. The minimum atomic E-state index is -4.66. The van der Waals surface area contributed by atoms with Crippen LogP contribution >= 0.6 is 255 Å². The molecule has 12 aromatic carbocycles. The van der Waals surface area contributed by atoms with E-state index in [-0.39, 0.29) is 272 Å². The van der Waals surface area contributed by atoms with Crippen molar-refractivity contribution < 1.29 is 63.6 Å². The Morgan fingerprint density at radius 2 is 0.483 bits per heavy atom. The number of rotatable bonds is 16. The van der Waals surface area contributed by atoms with E-state index in [1.165, 1.54) is 48.5 Å². The first-order chi connectivity index (χ1) is 69.7. The van der Waals surface area contributed by atoms with Crippen LogP contribution in [0.2, 0.25) is 110 Å². The second kappa shape index (κ2) is 53.0. The molecule has 0 saturated heterocycles. The van der Waals surface area contributed by atoms with Crippen LogP contribution in [0.1, 0.15) is 117 Å². The number of nitro benzene ring substituents is 4. The average molecular weight is 2470 g/mol. The quantitative estimate of drug-likeness (QED) is 0.0285. The van der Waals surface area contributed by atoms with Crippen molar-refractivity contribution in [1.29, 1.82) is 31.6 Å². The summed E-state index contributed by atoms with van der Waals surface area (Å²) in [6.45, 7) is 42.4. The van der Waals surface area contributed by atoms with Crippen LogP contribution in [0.3, 0.4) is 0 Å². The van der Waals surface area contributed by atoms with Gasteiger partial charge in [0.2, 0.25) is 34.1 Å². The van der Waals surface area contributed by atoms with Crippen molar-refractivity contribution in [3.8, 4) is 36.4 Å². The van der Waals surface area contributed by atoms with Gasteiger partial charge in [-0.15, -0.1) is 0 Å². The van der Waals surface area contributed by atoms with Crippen molar-refractivity contribution in [3.63, 3.8) is 0 Å². The molecule has 0 spiro atoms. The van der Waals surface area contributed by atoms with E-state index in [1.807, 2.05) is 30.3 Å². The van der Waals surface area contributed by atoms with Crippen molar-refractivity contribution in [2.24, 2.45) is 0 Å². The third kappa shape index (κ3) is 28.6. The summed E-state index contributed by atoms with van der Waals surface area (Å²) in [7, 11) is 0. The number of alkyl halides is 9. The molecule has 0 amide bonds. The van der Waals surface area contributed by atoms with Crippen molar-refractivity contribution in [2.45, 2.75) is 57.1 Å². The fraction of sp³-hybridized carbons (Fsp3) is 0.0968. The molecular weight excluding hydrogens is 2440 g/mol. The van der Waals surface area contributed by atoms with E-state index in [2.05, 4.69) is 29.1 Å². The Kier molecular flexibility index (Phi) is 44.0. The van der Waals surface area contributed by atoms with Crippen LogP contribution < -0.4 is 0 Å². The van der Waals surface area contributed by atoms with Gasteiger partial charge in [0, 0.05) is 89.0 Å². The minimum Gasteiger partial charge on any atom is -0.258 e. The van der Waals surface area contributed by atoms with Gasteiger partial charge in [0.25, 0.3) is 22.7 Å². The van der Waals surface area contributed by atoms with Crippen LogP contribution in [0, 0.1) is 154 Å². The maximum absolute atomic E-state index is 13.9. The van der Waals surface area contributed by atoms with E-state index >= 15 is 0 Å². The Hall–Kier alpha value is -12.2. The van der Waals surface area contributed by atoms with Gasteiger partial charge in [-0.2, -0.15) is 71.1 Å². The molecule has 0 aliphatic rings. The van der Waals surface area contributed by atoms with E-state index < -0.39 is 78.5 Å². The fourth-order valence-corrected chi connectivity index (χ4v) is 18.8. The molecule has 12 aromatic rings. The molecule has 0 bridgehead atoms. The second-order valence-corrected chi connectivity index (χ2v) is 37.0. The zero-order valence-corrected chi connectivity index (χ0v) is 88.3. The largest absolute Gasteiger partial charge is 0.416 e. The third-order valence-corrected chi connectivity index (χ3v) is 28.8. The molecule has 0 unspecified atom stereocenters. The van der Waals surface area contributed by atoms with Gasteiger partial charge in [-0.05, 0) is 116 Å². The molecule has 149 heavy (non-hydrogen) atoms. The third-order valence-electron chi connectivity index (χ3n) is 20.0. The van der Waals surface area contributed by atoms with Gasteiger partial charge < -0.3 is 0 Å². The molecule has 0 N–H and O–H groups in total. The molecule has 24 nitrogen and oxygen atoms in total. The highest BCUT2D eigenvalue weighted by atomic mass is 35.5. The number of nitriles is 6. The van der Waals surface area contributed by atoms with Gasteiger partial charge in [-0.25, -0.2) is 33.5 Å². The molecule has 0 aliphatic heterocycles. The van der Waals surface area contributed by atoms with E-state index in [0.717, 1.165) is 42.5 Å². The lowest BCUT2D eigenvalue weighted by molar-refractivity contribution is -0.394. The molecule has 0 aromatic heterocycles. The number of nitrogens with zero attached hydrogens (tertiary/aromatic N) is 16. The molecule has 754 valence electrons. The van der Waals surface area contributed by atoms with Crippen LogP contribution in [0.5, 0.6) is 0 Å². The zero-order chi connectivity index (χ0) is 112. The summed E-state index contributed by atoms with van der Waals surface area (Å²) in [4.78, 5) is 60.2. The average Bonchev–Trinajstić information content (AvgIpc) is 0.814. The van der Waals surface area contributed by atoms with E-state index in [1.54, 1.807) is 6.07 Å². The van der Waals surface area contributed by atoms with Gasteiger partial charge in [0.15, 0.2) is 0 Å². The van der Waals surface area contributed by atoms with Crippen molar-refractivity contribution in [2.75, 3.05) is 0 Å². The Balaban J connectivity index is 0.000000242. The normalized spacial score (nSPS) is 10.6. The monoisotopic (exact) mass is 2460 g/mol. The maximum atomic E-state index is 13.9. The summed E-state index contributed by atoms with van der Waals surface area (Å²) in [6.07, 6.45) is -14.7. The van der Waals surface area contributed by atoms with Gasteiger partial charge >= 0.3 is 18.5 Å². The molecule has 56 heteroatoms. The van der Waals surface area contributed by atoms with Crippen molar-refractivity contribution in [3.05, 3.63) is 451 Å². The van der Waals surface area contributed by atoms with Crippen LogP contribution in [0.25, 0.3) is 29.1 Å². The van der Waals surface area contributed by atoms with Crippen LogP contribution in [0.15, 0.2) is 109 Å². The smallest absolute Gasteiger partial charge is 0.258 e. The summed E-state index contributed by atoms with van der Waals surface area (Å²) >= 11 is 133. The number of halogens is 32. The molecular formula is C93H30Cl22F10N16O8. The first kappa shape index (κ1) is 124. The second-order valence-electron chi connectivity index (χ2n) is 28.6. The highest BCUT2D eigenvalue weighted by Gasteiger charge is 2.37. The topological polar surface area (TPSA) is 341 Å². The Morgan fingerprint density at radius 3 is 0.752 bits per heavy atom. The molecule has 0 radical (unpaired) electrons. The molecule has 0 fully saturated rings. The summed E-state index contributed by atoms with van der Waals surface area (Å²) in [5.74, 6) is -0.908. The Bertz CT molecular complexity index is 8050. The van der Waals surface area contributed by atoms with Gasteiger partial charge in [0.1, 0.15) is 5.82 Å². The Morgan fingerprint density at radius 1 is 0.255 bits per heavy atom. The minimum absolute atomic E-state index is 0.0199. The van der Waals surface area contributed by atoms with Crippen molar-refractivity contribution in [1.82, 2.24) is 0 Å². The number of hydrogen-bond acceptors (Lipinski definition) is 14. The predicted molar refractivity (Wildman–Crippen MR) is 552 cm³/mol. The first-order valence-corrected chi connectivity index (χ1v) is 46.7. The van der Waals surface area contributed by atoms with Gasteiger partial charge in [-0.1, -0.05) is 273 Å². The summed E-state index contributed by atoms with van der Waals surface area (Å²) in [6, 6.07) is 29.7. The van der Waals surface area contributed by atoms with E-state index in [0.29, 0.717) is 34.9 Å². The van der Waals surface area contributed by atoms with E-state index in [4.69, 9.17) is 295 Å². The first-order valence-electron chi connectivity index (χ1n) is 38.3. The predicted octanol–water partition coefficient (Wildman–Crippen LogP) is 39.4. The number of nitro groups is 4. The van der Waals surface area contributed by atoms with Crippen LogP contribution in [-0.4, -0.2) is 19.7 Å². The highest BCUT2D eigenvalue weighted by Crippen LogP contribution is 2.53. The van der Waals surface area contributed by atoms with Crippen LogP contribution in [0.4, 0.5) is 101 Å². The molecule has 12 rings (SSSR count). The molecule has 0 saturated carbocycles. The number of hydrogen-bond donors (Lipinski definition) is 0. The molecule has 0 heterocycles. The van der Waals surface area contributed by atoms with E-state index in [9.17, 15) is 116 Å². The molecule has 0 atom stereocenters. The standard InChI is InChI=1S/2C16H5Cl4F3N2.C16H5Cl3F4N2.2C15H5Cl4N3O2.C15H5Cl3N4O4/c1-25-15-13(19)10(6-24)9(12(18)14(15)20)5-7-4-8(16(21,22)23)2-3-11(7)17;1-25-15-13(19)10(6-24)9(12(18)14(15)20)4-7-2-3-8(5-11(7)17)16(21,22)23;1-25-15-13(18)10(6-24)9(12(17)14(15)19)5-7-4-8(16(21,22)23)2-3-11(7)20;1-21-15-13(18)10(6-20)9(12(17)14(15)19)4-7-2-3-8(22(23)24)5-11(7)16;1-21-15-13(18)10(6-20)9(12(17)14(15)19)4-7-2-3-8(16)5-11(7)22(23)24;1-20-15-13(17)10(6-19)9(12(16)14(15)18)4-7-2-3-8(21(23)24)5-11(7)22(25)26/h2-4H,5H2;2-3,5H,4H2;2-4H,5H2;2*2-3,5H,4H2;2-3,5H,4H2. The van der Waals surface area contributed by atoms with Gasteiger partial charge in [0.05, 0.1) is 247 Å². The number of benzene rings is 12. The summed E-state index contributed by atoms with van der Waals surface area (Å²) < 4.78 is 129. The zero-order valence-electron chi connectivity index (χ0n) is 71.7. The summed E-state index contributed by atoms with van der Waals surface area (Å²) in [5.41, 5.74) is -4.04. The van der Waals surface area contributed by atoms with Gasteiger partial charge in [-0.3, -0.25) is 40.5 Å².